The first-order valence-electron chi connectivity index (χ1n) is 3.73. The summed E-state index contributed by atoms with van der Waals surface area (Å²) in [6.45, 7) is 1.68. The van der Waals surface area contributed by atoms with E-state index in [1.807, 2.05) is 0 Å². The van der Waals surface area contributed by atoms with E-state index in [4.69, 9.17) is 5.73 Å². The summed E-state index contributed by atoms with van der Waals surface area (Å²) in [5.74, 6) is -0.425. The van der Waals surface area contributed by atoms with E-state index in [1.165, 1.54) is 19.2 Å². The third kappa shape index (κ3) is 1.72. The molecule has 0 amide bonds. The fourth-order valence-electron chi connectivity index (χ4n) is 0.999. The molecule has 13 heavy (non-hydrogen) atoms. The first-order valence-corrected chi connectivity index (χ1v) is 3.73. The molecule has 0 aliphatic carbocycles. The molecule has 0 radical (unpaired) electrons. The Kier molecular flexibility index (Phi) is 2.41. The molecule has 4 nitrogen and oxygen atoms in total. The van der Waals surface area contributed by atoms with Crippen molar-refractivity contribution in [3.63, 3.8) is 0 Å². The molecule has 1 aromatic carbocycles. The smallest absolute Gasteiger partial charge is 0.339 e. The van der Waals surface area contributed by atoms with E-state index < -0.39 is 5.97 Å². The third-order valence-electron chi connectivity index (χ3n) is 1.77. The van der Waals surface area contributed by atoms with Gasteiger partial charge in [-0.1, -0.05) is 0 Å². The number of anilines is 1. The predicted molar refractivity (Wildman–Crippen MR) is 48.6 cm³/mol. The largest absolute Gasteiger partial charge is 0.508 e. The number of benzene rings is 1. The Hall–Kier alpha value is -1.71. The Morgan fingerprint density at radius 2 is 2.15 bits per heavy atom. The average Bonchev–Trinajstić information content (AvgIpc) is 2.10. The van der Waals surface area contributed by atoms with Crippen LogP contribution in [0.4, 0.5) is 5.69 Å². The van der Waals surface area contributed by atoms with Crippen molar-refractivity contribution < 1.29 is 14.6 Å². The molecule has 0 aliphatic heterocycles. The van der Waals surface area contributed by atoms with E-state index in [0.29, 0.717) is 5.56 Å². The van der Waals surface area contributed by atoms with Crippen molar-refractivity contribution >= 4 is 11.7 Å². The van der Waals surface area contributed by atoms with E-state index in [-0.39, 0.29) is 17.0 Å². The van der Waals surface area contributed by atoms with Gasteiger partial charge in [0.1, 0.15) is 5.75 Å². The van der Waals surface area contributed by atoms with Crippen LogP contribution in [0.3, 0.4) is 0 Å². The van der Waals surface area contributed by atoms with E-state index in [9.17, 15) is 9.90 Å². The summed E-state index contributed by atoms with van der Waals surface area (Å²) in [6.07, 6.45) is 0. The molecule has 0 aromatic heterocycles. The summed E-state index contributed by atoms with van der Waals surface area (Å²) in [7, 11) is 1.28. The number of carbonyl (C=O) groups excluding carboxylic acids is 1. The highest BCUT2D eigenvalue weighted by atomic mass is 16.5. The molecule has 0 saturated heterocycles. The number of methoxy groups -OCH3 is 1. The SMILES string of the molecule is COC(=O)c1cc(C)c(O)cc1N. The Morgan fingerprint density at radius 3 is 2.69 bits per heavy atom. The van der Waals surface area contributed by atoms with Crippen LogP contribution in [0.25, 0.3) is 0 Å². The number of hydrogen-bond acceptors (Lipinski definition) is 4. The van der Waals surface area contributed by atoms with Crippen LogP contribution in [-0.2, 0) is 4.74 Å². The molecule has 0 unspecified atom stereocenters. The van der Waals surface area contributed by atoms with Crippen LogP contribution < -0.4 is 5.73 Å². The molecular formula is C9H11NO3. The second kappa shape index (κ2) is 3.35. The topological polar surface area (TPSA) is 72.5 Å². The molecular weight excluding hydrogens is 170 g/mol. The lowest BCUT2D eigenvalue weighted by Gasteiger charge is -2.06. The number of phenols is 1. The summed E-state index contributed by atoms with van der Waals surface area (Å²) in [6, 6.07) is 2.83. The summed E-state index contributed by atoms with van der Waals surface area (Å²) in [5, 5.41) is 9.25. The standard InChI is InChI=1S/C9H11NO3/c1-5-3-6(9(12)13-2)7(10)4-8(5)11/h3-4,11H,10H2,1-2H3. The summed E-state index contributed by atoms with van der Waals surface area (Å²) >= 11 is 0. The zero-order chi connectivity index (χ0) is 10.0. The van der Waals surface area contributed by atoms with Crippen LogP contribution in [0.2, 0.25) is 0 Å². The van der Waals surface area contributed by atoms with E-state index in [2.05, 4.69) is 4.74 Å². The fraction of sp³-hybridized carbons (Fsp3) is 0.222. The Labute approximate surface area is 75.9 Å². The van der Waals surface area contributed by atoms with Gasteiger partial charge in [-0.3, -0.25) is 0 Å². The number of aromatic hydroxyl groups is 1. The molecule has 0 saturated carbocycles. The normalized spacial score (nSPS) is 9.69. The molecule has 0 aliphatic rings. The summed E-state index contributed by atoms with van der Waals surface area (Å²) in [5.41, 5.74) is 6.59. The van der Waals surface area contributed by atoms with Gasteiger partial charge in [0.25, 0.3) is 0 Å². The Balaban J connectivity index is 3.23. The van der Waals surface area contributed by atoms with Crippen LogP contribution >= 0.6 is 0 Å². The minimum Gasteiger partial charge on any atom is -0.508 e. The Morgan fingerprint density at radius 1 is 1.54 bits per heavy atom. The first-order chi connectivity index (χ1) is 6.06. The van der Waals surface area contributed by atoms with Crippen LogP contribution in [0.1, 0.15) is 15.9 Å². The number of esters is 1. The van der Waals surface area contributed by atoms with E-state index in [0.717, 1.165) is 0 Å². The molecule has 1 rings (SSSR count). The van der Waals surface area contributed by atoms with Gasteiger partial charge in [0.05, 0.1) is 12.7 Å². The molecule has 70 valence electrons. The van der Waals surface area contributed by atoms with Crippen molar-refractivity contribution in [1.29, 1.82) is 0 Å². The van der Waals surface area contributed by atoms with E-state index in [1.54, 1.807) is 6.92 Å². The highest BCUT2D eigenvalue weighted by Crippen LogP contribution is 2.23. The van der Waals surface area contributed by atoms with Gasteiger partial charge in [-0.2, -0.15) is 0 Å². The molecule has 3 N–H and O–H groups in total. The van der Waals surface area contributed by atoms with Gasteiger partial charge in [0.15, 0.2) is 0 Å². The fourth-order valence-corrected chi connectivity index (χ4v) is 0.999. The monoisotopic (exact) mass is 181 g/mol. The number of ether oxygens (including phenoxy) is 1. The van der Waals surface area contributed by atoms with Crippen molar-refractivity contribution in [1.82, 2.24) is 0 Å². The van der Waals surface area contributed by atoms with Crippen molar-refractivity contribution in [3.05, 3.63) is 23.3 Å². The van der Waals surface area contributed by atoms with Gasteiger partial charge in [-0.05, 0) is 18.6 Å². The maximum absolute atomic E-state index is 11.1. The number of phenolic OH excluding ortho intramolecular Hbond substituents is 1. The molecule has 0 atom stereocenters. The third-order valence-corrected chi connectivity index (χ3v) is 1.77. The minimum absolute atomic E-state index is 0.0742. The maximum Gasteiger partial charge on any atom is 0.339 e. The summed E-state index contributed by atoms with van der Waals surface area (Å²) < 4.78 is 4.51. The van der Waals surface area contributed by atoms with Gasteiger partial charge in [0.2, 0.25) is 0 Å². The second-order valence-corrected chi connectivity index (χ2v) is 2.72. The van der Waals surface area contributed by atoms with Crippen LogP contribution in [0, 0.1) is 6.92 Å². The predicted octanol–water partition coefficient (Wildman–Crippen LogP) is 1.07. The highest BCUT2D eigenvalue weighted by Gasteiger charge is 2.11. The quantitative estimate of drug-likeness (QED) is 0.502. The minimum atomic E-state index is -0.499. The summed E-state index contributed by atoms with van der Waals surface area (Å²) in [4.78, 5) is 11.1. The molecule has 0 spiro atoms. The van der Waals surface area contributed by atoms with Gasteiger partial charge in [-0.15, -0.1) is 0 Å². The average molecular weight is 181 g/mol. The zero-order valence-electron chi connectivity index (χ0n) is 7.50. The molecule has 0 bridgehead atoms. The van der Waals surface area contributed by atoms with Crippen LogP contribution in [-0.4, -0.2) is 18.2 Å². The van der Waals surface area contributed by atoms with Crippen molar-refractivity contribution in [2.24, 2.45) is 0 Å². The second-order valence-electron chi connectivity index (χ2n) is 2.72. The molecule has 4 heteroatoms. The lowest BCUT2D eigenvalue weighted by atomic mass is 10.1. The van der Waals surface area contributed by atoms with Crippen molar-refractivity contribution in [3.8, 4) is 5.75 Å². The van der Waals surface area contributed by atoms with Gasteiger partial charge in [-0.25, -0.2) is 4.79 Å². The zero-order valence-corrected chi connectivity index (χ0v) is 7.50. The number of hydrogen-bond donors (Lipinski definition) is 2. The number of aryl methyl sites for hydroxylation is 1. The Bertz CT molecular complexity index is 347. The van der Waals surface area contributed by atoms with Crippen LogP contribution in [0.15, 0.2) is 12.1 Å². The highest BCUT2D eigenvalue weighted by molar-refractivity contribution is 5.95. The van der Waals surface area contributed by atoms with Crippen molar-refractivity contribution in [2.75, 3.05) is 12.8 Å². The molecule has 0 heterocycles. The number of nitrogen functional groups attached to an aromatic ring is 1. The van der Waals surface area contributed by atoms with Gasteiger partial charge in [0, 0.05) is 11.8 Å². The van der Waals surface area contributed by atoms with Crippen molar-refractivity contribution in [2.45, 2.75) is 6.92 Å². The lowest BCUT2D eigenvalue weighted by Crippen LogP contribution is -2.05. The lowest BCUT2D eigenvalue weighted by molar-refractivity contribution is 0.0602. The molecule has 0 fully saturated rings. The van der Waals surface area contributed by atoms with Gasteiger partial charge < -0.3 is 15.6 Å². The van der Waals surface area contributed by atoms with E-state index >= 15 is 0 Å². The number of rotatable bonds is 1. The maximum atomic E-state index is 11.1. The number of carbonyl (C=O) groups is 1. The van der Waals surface area contributed by atoms with Crippen LogP contribution in [0.5, 0.6) is 5.75 Å². The number of nitrogens with two attached hydrogens (primary N) is 1. The first kappa shape index (κ1) is 9.38. The molecule has 1 aromatic rings. The van der Waals surface area contributed by atoms with Gasteiger partial charge >= 0.3 is 5.97 Å².